The smallest absolute Gasteiger partial charge is 0.255 e. The highest BCUT2D eigenvalue weighted by Gasteiger charge is 2.39. The zero-order chi connectivity index (χ0) is 19.7. The highest BCUT2D eigenvalue weighted by atomic mass is 16.5. The number of hydrogen-bond acceptors (Lipinski definition) is 5. The van der Waals surface area contributed by atoms with Crippen molar-refractivity contribution in [3.05, 3.63) is 29.3 Å². The number of benzene rings is 1. The van der Waals surface area contributed by atoms with Gasteiger partial charge in [-0.3, -0.25) is 24.6 Å². The quantitative estimate of drug-likeness (QED) is 0.781. The Bertz CT molecular complexity index is 792. The first-order chi connectivity index (χ1) is 13.5. The van der Waals surface area contributed by atoms with Crippen LogP contribution in [0.3, 0.4) is 0 Å². The molecule has 0 aromatic heterocycles. The number of carbonyl (C=O) groups excluding carboxylic acids is 3. The molecule has 7 heteroatoms. The van der Waals surface area contributed by atoms with Crippen LogP contribution in [0.5, 0.6) is 5.75 Å². The van der Waals surface area contributed by atoms with E-state index < -0.39 is 6.04 Å². The highest BCUT2D eigenvalue weighted by molar-refractivity contribution is 6.05. The molecule has 7 nitrogen and oxygen atoms in total. The molecule has 3 aliphatic rings. The van der Waals surface area contributed by atoms with Gasteiger partial charge in [0.05, 0.1) is 0 Å². The third kappa shape index (κ3) is 3.76. The Morgan fingerprint density at radius 1 is 1.21 bits per heavy atom. The minimum atomic E-state index is -0.581. The van der Waals surface area contributed by atoms with Crippen molar-refractivity contribution in [3.8, 4) is 5.75 Å². The van der Waals surface area contributed by atoms with E-state index >= 15 is 0 Å². The Hall–Kier alpha value is -2.41. The van der Waals surface area contributed by atoms with Gasteiger partial charge in [-0.15, -0.1) is 0 Å². The number of nitrogens with zero attached hydrogens (tertiary/aromatic N) is 2. The summed E-state index contributed by atoms with van der Waals surface area (Å²) in [6.07, 6.45) is 4.13. The molecule has 0 bridgehead atoms. The molecule has 28 heavy (non-hydrogen) atoms. The molecule has 1 aromatic rings. The lowest BCUT2D eigenvalue weighted by Gasteiger charge is -2.32. The van der Waals surface area contributed by atoms with Crippen LogP contribution >= 0.6 is 0 Å². The lowest BCUT2D eigenvalue weighted by molar-refractivity contribution is -0.136. The topological polar surface area (TPSA) is 79.0 Å². The Labute approximate surface area is 165 Å². The van der Waals surface area contributed by atoms with Gasteiger partial charge >= 0.3 is 0 Å². The first-order valence-electron chi connectivity index (χ1n) is 10.2. The molecular formula is C21H27N3O4. The number of likely N-dealkylation sites (tertiary alicyclic amines) is 1. The Balaban J connectivity index is 1.44. The molecule has 1 aromatic carbocycles. The van der Waals surface area contributed by atoms with Crippen LogP contribution in [-0.4, -0.2) is 59.3 Å². The van der Waals surface area contributed by atoms with E-state index in [0.717, 1.165) is 50.2 Å². The molecule has 0 spiro atoms. The number of carbonyl (C=O) groups is 3. The molecule has 150 valence electrons. The van der Waals surface area contributed by atoms with E-state index in [4.69, 9.17) is 4.74 Å². The van der Waals surface area contributed by atoms with Gasteiger partial charge in [0, 0.05) is 25.1 Å². The van der Waals surface area contributed by atoms with Crippen LogP contribution in [0.4, 0.5) is 0 Å². The minimum Gasteiger partial charge on any atom is -0.489 e. The average molecular weight is 385 g/mol. The van der Waals surface area contributed by atoms with Crippen LogP contribution in [0.15, 0.2) is 18.2 Å². The number of hydrogen-bond donors (Lipinski definition) is 1. The third-order valence-electron chi connectivity index (χ3n) is 5.80. The summed E-state index contributed by atoms with van der Waals surface area (Å²) >= 11 is 0. The molecule has 1 unspecified atom stereocenters. The van der Waals surface area contributed by atoms with Crippen LogP contribution in [0, 0.1) is 0 Å². The Morgan fingerprint density at radius 2 is 2.07 bits per heavy atom. The van der Waals surface area contributed by atoms with E-state index in [1.807, 2.05) is 12.1 Å². The minimum absolute atomic E-state index is 0.150. The predicted molar refractivity (Wildman–Crippen MR) is 103 cm³/mol. The summed E-state index contributed by atoms with van der Waals surface area (Å²) in [6, 6.07) is 5.00. The van der Waals surface area contributed by atoms with Crippen molar-refractivity contribution >= 4 is 17.7 Å². The normalized spacial score (nSPS) is 25.6. The van der Waals surface area contributed by atoms with Gasteiger partial charge in [-0.05, 0) is 62.5 Å². The summed E-state index contributed by atoms with van der Waals surface area (Å²) in [5.74, 6) is -0.0272. The van der Waals surface area contributed by atoms with E-state index in [9.17, 15) is 14.4 Å². The number of amides is 3. The van der Waals surface area contributed by atoms with Crippen LogP contribution in [-0.2, 0) is 16.1 Å². The second kappa shape index (κ2) is 7.91. The Morgan fingerprint density at radius 3 is 2.86 bits per heavy atom. The number of rotatable bonds is 5. The fourth-order valence-electron chi connectivity index (χ4n) is 4.45. The summed E-state index contributed by atoms with van der Waals surface area (Å²) in [6.45, 7) is 5.74. The zero-order valence-electron chi connectivity index (χ0n) is 16.3. The standard InChI is InChI=1S/C21H27N3O4/c1-2-9-23-10-3-4-16(13-23)28-15-5-6-17-14(11-15)12-24(21(17)27)18-7-8-19(25)22-20(18)26/h5-6,11,16,18H,2-4,7-10,12-13H2,1H3,(H,22,25,26)/t16-,18?/m1/s1. The van der Waals surface area contributed by atoms with E-state index in [0.29, 0.717) is 18.5 Å². The monoisotopic (exact) mass is 385 g/mol. The van der Waals surface area contributed by atoms with Gasteiger partial charge in [0.1, 0.15) is 17.9 Å². The molecule has 2 saturated heterocycles. The number of ether oxygens (including phenoxy) is 1. The van der Waals surface area contributed by atoms with Crippen molar-refractivity contribution in [2.75, 3.05) is 19.6 Å². The summed E-state index contributed by atoms with van der Waals surface area (Å²) in [5.41, 5.74) is 1.50. The van der Waals surface area contributed by atoms with Crippen LogP contribution in [0.1, 0.15) is 54.9 Å². The summed E-state index contributed by atoms with van der Waals surface area (Å²) in [5, 5.41) is 2.33. The van der Waals surface area contributed by atoms with E-state index in [-0.39, 0.29) is 30.2 Å². The lowest BCUT2D eigenvalue weighted by Crippen LogP contribution is -2.52. The van der Waals surface area contributed by atoms with Gasteiger partial charge in [-0.1, -0.05) is 6.92 Å². The number of fused-ring (bicyclic) bond motifs is 1. The number of nitrogens with one attached hydrogen (secondary N) is 1. The molecule has 3 heterocycles. The average Bonchev–Trinajstić information content (AvgIpc) is 2.98. The Kier molecular flexibility index (Phi) is 5.35. The molecule has 2 fully saturated rings. The lowest BCUT2D eigenvalue weighted by atomic mass is 10.0. The van der Waals surface area contributed by atoms with E-state index in [1.165, 1.54) is 0 Å². The van der Waals surface area contributed by atoms with Crippen molar-refractivity contribution in [1.29, 1.82) is 0 Å². The van der Waals surface area contributed by atoms with Gasteiger partial charge < -0.3 is 9.64 Å². The fraction of sp³-hybridized carbons (Fsp3) is 0.571. The van der Waals surface area contributed by atoms with Crippen molar-refractivity contribution in [2.24, 2.45) is 0 Å². The molecule has 0 aliphatic carbocycles. The first kappa shape index (κ1) is 18.9. The van der Waals surface area contributed by atoms with Crippen LogP contribution < -0.4 is 10.1 Å². The molecule has 4 rings (SSSR count). The second-order valence-corrected chi connectivity index (χ2v) is 7.90. The van der Waals surface area contributed by atoms with Crippen LogP contribution in [0.25, 0.3) is 0 Å². The number of imide groups is 1. The molecule has 2 atom stereocenters. The maximum absolute atomic E-state index is 12.8. The molecule has 3 aliphatic heterocycles. The van der Waals surface area contributed by atoms with Crippen molar-refractivity contribution in [2.45, 2.75) is 57.7 Å². The third-order valence-corrected chi connectivity index (χ3v) is 5.80. The summed E-state index contributed by atoms with van der Waals surface area (Å²) < 4.78 is 6.21. The van der Waals surface area contributed by atoms with Gasteiger partial charge in [-0.25, -0.2) is 0 Å². The fourth-order valence-corrected chi connectivity index (χ4v) is 4.45. The van der Waals surface area contributed by atoms with Crippen molar-refractivity contribution in [1.82, 2.24) is 15.1 Å². The maximum atomic E-state index is 12.8. The van der Waals surface area contributed by atoms with Gasteiger partial charge in [0.2, 0.25) is 11.8 Å². The van der Waals surface area contributed by atoms with E-state index in [2.05, 4.69) is 17.1 Å². The summed E-state index contributed by atoms with van der Waals surface area (Å²) in [4.78, 5) is 40.3. The SMILES string of the molecule is CCCN1CCC[C@@H](Oc2ccc3c(c2)CN(C2CCC(=O)NC2=O)C3=O)C1. The van der Waals surface area contributed by atoms with Crippen LogP contribution in [0.2, 0.25) is 0 Å². The largest absolute Gasteiger partial charge is 0.489 e. The molecule has 3 amide bonds. The van der Waals surface area contributed by atoms with Crippen molar-refractivity contribution in [3.63, 3.8) is 0 Å². The number of piperidine rings is 2. The second-order valence-electron chi connectivity index (χ2n) is 7.90. The van der Waals surface area contributed by atoms with Crippen molar-refractivity contribution < 1.29 is 19.1 Å². The van der Waals surface area contributed by atoms with Gasteiger partial charge in [0.15, 0.2) is 0 Å². The summed E-state index contributed by atoms with van der Waals surface area (Å²) in [7, 11) is 0. The highest BCUT2D eigenvalue weighted by Crippen LogP contribution is 2.31. The zero-order valence-corrected chi connectivity index (χ0v) is 16.3. The van der Waals surface area contributed by atoms with Gasteiger partial charge in [-0.2, -0.15) is 0 Å². The van der Waals surface area contributed by atoms with E-state index in [1.54, 1.807) is 11.0 Å². The molecule has 0 saturated carbocycles. The molecular weight excluding hydrogens is 358 g/mol. The first-order valence-corrected chi connectivity index (χ1v) is 10.2. The molecule has 1 N–H and O–H groups in total. The molecule has 0 radical (unpaired) electrons. The van der Waals surface area contributed by atoms with Gasteiger partial charge in [0.25, 0.3) is 5.91 Å². The maximum Gasteiger partial charge on any atom is 0.255 e. The predicted octanol–water partition coefficient (Wildman–Crippen LogP) is 1.70.